The molecule has 76 valence electrons. The zero-order valence-corrected chi connectivity index (χ0v) is 8.71. The highest BCUT2D eigenvalue weighted by Crippen LogP contribution is 2.06. The van der Waals surface area contributed by atoms with Crippen molar-refractivity contribution in [3.05, 3.63) is 24.5 Å². The number of hydrogen-bond donors (Lipinski definition) is 1. The fourth-order valence-corrected chi connectivity index (χ4v) is 1.27. The van der Waals surface area contributed by atoms with Gasteiger partial charge < -0.3 is 5.11 Å². The molecule has 0 bridgehead atoms. The van der Waals surface area contributed by atoms with Crippen molar-refractivity contribution in [3.8, 4) is 0 Å². The third-order valence-corrected chi connectivity index (χ3v) is 2.06. The van der Waals surface area contributed by atoms with Crippen LogP contribution >= 0.6 is 0 Å². The molecule has 0 amide bonds. The Kier molecular flexibility index (Phi) is 10.7. The first-order valence-corrected chi connectivity index (χ1v) is 5.37. The van der Waals surface area contributed by atoms with Crippen LogP contribution < -0.4 is 0 Å². The first-order valence-electron chi connectivity index (χ1n) is 5.37. The Morgan fingerprint density at radius 1 is 0.923 bits per heavy atom. The summed E-state index contributed by atoms with van der Waals surface area (Å²) in [6, 6.07) is 0. The SMILES string of the molecule is CCCCCCCC/C=C/C=C/O. The fraction of sp³-hybridized carbons (Fsp3) is 0.667. The number of unbranched alkanes of at least 4 members (excludes halogenated alkanes) is 6. The van der Waals surface area contributed by atoms with Gasteiger partial charge in [-0.2, -0.15) is 0 Å². The Bertz CT molecular complexity index is 136. The largest absolute Gasteiger partial charge is 0.516 e. The number of allylic oxidation sites excluding steroid dienone is 3. The molecule has 13 heavy (non-hydrogen) atoms. The first kappa shape index (κ1) is 12.3. The van der Waals surface area contributed by atoms with Gasteiger partial charge in [0.15, 0.2) is 0 Å². The molecule has 0 saturated heterocycles. The monoisotopic (exact) mass is 182 g/mol. The molecular formula is C12H22O. The second-order valence-electron chi connectivity index (χ2n) is 3.33. The van der Waals surface area contributed by atoms with E-state index < -0.39 is 0 Å². The maximum Gasteiger partial charge on any atom is 0.0791 e. The highest BCUT2D eigenvalue weighted by molar-refractivity contribution is 4.98. The van der Waals surface area contributed by atoms with Crippen LogP contribution in [0.4, 0.5) is 0 Å². The average molecular weight is 182 g/mol. The zero-order valence-electron chi connectivity index (χ0n) is 8.71. The van der Waals surface area contributed by atoms with Gasteiger partial charge in [-0.1, -0.05) is 51.2 Å². The Morgan fingerprint density at radius 2 is 1.62 bits per heavy atom. The lowest BCUT2D eigenvalue weighted by Gasteiger charge is -1.96. The van der Waals surface area contributed by atoms with Gasteiger partial charge in [0.1, 0.15) is 0 Å². The van der Waals surface area contributed by atoms with Crippen LogP contribution in [0.15, 0.2) is 24.5 Å². The van der Waals surface area contributed by atoms with E-state index in [0.717, 1.165) is 12.7 Å². The summed E-state index contributed by atoms with van der Waals surface area (Å²) in [4.78, 5) is 0. The number of rotatable bonds is 8. The van der Waals surface area contributed by atoms with Crippen molar-refractivity contribution < 1.29 is 5.11 Å². The minimum absolute atomic E-state index is 1.07. The number of aliphatic hydroxyl groups excluding tert-OH is 1. The van der Waals surface area contributed by atoms with E-state index >= 15 is 0 Å². The van der Waals surface area contributed by atoms with Crippen LogP contribution in [0.3, 0.4) is 0 Å². The van der Waals surface area contributed by atoms with Crippen LogP contribution in [0, 0.1) is 0 Å². The van der Waals surface area contributed by atoms with Crippen molar-refractivity contribution in [3.63, 3.8) is 0 Å². The summed E-state index contributed by atoms with van der Waals surface area (Å²) in [5.74, 6) is 0. The molecule has 0 aliphatic carbocycles. The highest BCUT2D eigenvalue weighted by atomic mass is 16.2. The lowest BCUT2D eigenvalue weighted by Crippen LogP contribution is -1.77. The molecular weight excluding hydrogens is 160 g/mol. The van der Waals surface area contributed by atoms with Crippen molar-refractivity contribution in [2.75, 3.05) is 0 Å². The van der Waals surface area contributed by atoms with E-state index in [1.54, 1.807) is 6.08 Å². The van der Waals surface area contributed by atoms with E-state index in [0.29, 0.717) is 0 Å². The highest BCUT2D eigenvalue weighted by Gasteiger charge is 1.87. The average Bonchev–Trinajstić information content (AvgIpc) is 2.16. The summed E-state index contributed by atoms with van der Waals surface area (Å²) < 4.78 is 0. The van der Waals surface area contributed by atoms with Gasteiger partial charge in [-0.3, -0.25) is 0 Å². The second kappa shape index (κ2) is 11.3. The molecule has 0 atom stereocenters. The second-order valence-corrected chi connectivity index (χ2v) is 3.33. The third-order valence-electron chi connectivity index (χ3n) is 2.06. The predicted molar refractivity (Wildman–Crippen MR) is 58.9 cm³/mol. The van der Waals surface area contributed by atoms with E-state index in [9.17, 15) is 0 Å². The lowest BCUT2D eigenvalue weighted by molar-refractivity contribution is 0.473. The molecule has 0 fully saturated rings. The molecule has 0 aromatic carbocycles. The normalized spacial score (nSPS) is 11.8. The molecule has 0 aromatic heterocycles. The maximum atomic E-state index is 8.33. The van der Waals surface area contributed by atoms with Crippen molar-refractivity contribution >= 4 is 0 Å². The third kappa shape index (κ3) is 11.3. The topological polar surface area (TPSA) is 20.2 Å². The van der Waals surface area contributed by atoms with Gasteiger partial charge >= 0.3 is 0 Å². The lowest BCUT2D eigenvalue weighted by atomic mass is 10.1. The zero-order chi connectivity index (χ0) is 9.78. The van der Waals surface area contributed by atoms with Gasteiger partial charge in [0.25, 0.3) is 0 Å². The first-order chi connectivity index (χ1) is 6.41. The van der Waals surface area contributed by atoms with Crippen LogP contribution in [0.1, 0.15) is 51.9 Å². The summed E-state index contributed by atoms with van der Waals surface area (Å²) in [6.07, 6.45) is 15.9. The summed E-state index contributed by atoms with van der Waals surface area (Å²) in [5, 5.41) is 8.33. The van der Waals surface area contributed by atoms with Crippen molar-refractivity contribution in [1.29, 1.82) is 0 Å². The van der Waals surface area contributed by atoms with E-state index in [1.165, 1.54) is 38.5 Å². The van der Waals surface area contributed by atoms with Gasteiger partial charge in [-0.15, -0.1) is 0 Å². The standard InChI is InChI=1S/C12H22O/c1-2-3-4-5-6-7-8-9-10-11-12-13/h9-13H,2-8H2,1H3/b10-9+,12-11+. The Hall–Kier alpha value is -0.720. The van der Waals surface area contributed by atoms with Gasteiger partial charge in [0.2, 0.25) is 0 Å². The minimum Gasteiger partial charge on any atom is -0.516 e. The van der Waals surface area contributed by atoms with E-state index in [-0.39, 0.29) is 0 Å². The predicted octanol–water partition coefficient (Wildman–Crippen LogP) is 4.36. The Morgan fingerprint density at radius 3 is 2.31 bits per heavy atom. The summed E-state index contributed by atoms with van der Waals surface area (Å²) >= 11 is 0. The van der Waals surface area contributed by atoms with E-state index in [1.807, 2.05) is 6.08 Å². The Labute approximate surface area is 82.2 Å². The van der Waals surface area contributed by atoms with Crippen molar-refractivity contribution in [2.45, 2.75) is 51.9 Å². The Balaban J connectivity index is 2.99. The maximum absolute atomic E-state index is 8.33. The van der Waals surface area contributed by atoms with E-state index in [4.69, 9.17) is 5.11 Å². The van der Waals surface area contributed by atoms with E-state index in [2.05, 4.69) is 13.0 Å². The van der Waals surface area contributed by atoms with Crippen LogP contribution in [0.25, 0.3) is 0 Å². The summed E-state index contributed by atoms with van der Waals surface area (Å²) in [6.45, 7) is 2.24. The smallest absolute Gasteiger partial charge is 0.0791 e. The molecule has 0 aromatic rings. The van der Waals surface area contributed by atoms with Gasteiger partial charge in [-0.05, 0) is 18.9 Å². The van der Waals surface area contributed by atoms with Crippen LogP contribution in [-0.2, 0) is 0 Å². The number of aliphatic hydroxyl groups is 1. The molecule has 0 aliphatic heterocycles. The molecule has 1 heteroatoms. The molecule has 0 spiro atoms. The van der Waals surface area contributed by atoms with Gasteiger partial charge in [0.05, 0.1) is 6.26 Å². The van der Waals surface area contributed by atoms with Crippen LogP contribution in [0.5, 0.6) is 0 Å². The van der Waals surface area contributed by atoms with Crippen molar-refractivity contribution in [2.24, 2.45) is 0 Å². The number of hydrogen-bond acceptors (Lipinski definition) is 1. The van der Waals surface area contributed by atoms with Crippen molar-refractivity contribution in [1.82, 2.24) is 0 Å². The molecule has 1 nitrogen and oxygen atoms in total. The van der Waals surface area contributed by atoms with Crippen LogP contribution in [-0.4, -0.2) is 5.11 Å². The molecule has 1 N–H and O–H groups in total. The van der Waals surface area contributed by atoms with Gasteiger partial charge in [0, 0.05) is 0 Å². The molecule has 0 heterocycles. The minimum atomic E-state index is 1.07. The fourth-order valence-electron chi connectivity index (χ4n) is 1.27. The summed E-state index contributed by atoms with van der Waals surface area (Å²) in [7, 11) is 0. The molecule has 0 unspecified atom stereocenters. The van der Waals surface area contributed by atoms with Gasteiger partial charge in [-0.25, -0.2) is 0 Å². The molecule has 0 radical (unpaired) electrons. The molecule has 0 rings (SSSR count). The van der Waals surface area contributed by atoms with Crippen LogP contribution in [0.2, 0.25) is 0 Å². The molecule has 0 saturated carbocycles. The summed E-state index contributed by atoms with van der Waals surface area (Å²) in [5.41, 5.74) is 0. The molecule has 0 aliphatic rings. The quantitative estimate of drug-likeness (QED) is 0.336.